The van der Waals surface area contributed by atoms with Crippen LogP contribution in [0.2, 0.25) is 0 Å². The molecule has 3 heteroatoms. The molecule has 0 heterocycles. The van der Waals surface area contributed by atoms with Gasteiger partial charge in [0.25, 0.3) is 0 Å². The van der Waals surface area contributed by atoms with E-state index < -0.39 is 0 Å². The van der Waals surface area contributed by atoms with Crippen molar-refractivity contribution in [3.63, 3.8) is 0 Å². The smallest absolute Gasteiger partial charge is 0.0206 e. The summed E-state index contributed by atoms with van der Waals surface area (Å²) in [6.07, 6.45) is 1.16. The van der Waals surface area contributed by atoms with Crippen molar-refractivity contribution in [1.82, 2.24) is 10.6 Å². The largest absolute Gasteiger partial charge is 0.313 e. The van der Waals surface area contributed by atoms with Gasteiger partial charge in [-0.2, -0.15) is 0 Å². The highest BCUT2D eigenvalue weighted by atomic mass is 79.9. The Bertz CT molecular complexity index is 349. The van der Waals surface area contributed by atoms with Crippen molar-refractivity contribution in [3.05, 3.63) is 33.8 Å². The molecule has 0 atom stereocenters. The average Bonchev–Trinajstić information content (AvgIpc) is 2.20. The Labute approximate surface area is 120 Å². The fraction of sp³-hybridized carbons (Fsp3) is 0.600. The van der Waals surface area contributed by atoms with E-state index >= 15 is 0 Å². The van der Waals surface area contributed by atoms with Gasteiger partial charge < -0.3 is 10.6 Å². The van der Waals surface area contributed by atoms with E-state index in [1.165, 1.54) is 11.1 Å². The quantitative estimate of drug-likeness (QED) is 0.784. The van der Waals surface area contributed by atoms with Crippen LogP contribution in [0.5, 0.6) is 0 Å². The highest BCUT2D eigenvalue weighted by molar-refractivity contribution is 9.10. The zero-order valence-electron chi connectivity index (χ0n) is 11.9. The summed E-state index contributed by atoms with van der Waals surface area (Å²) in [5.74, 6) is 0. The van der Waals surface area contributed by atoms with Crippen molar-refractivity contribution in [2.24, 2.45) is 0 Å². The molecule has 0 aliphatic rings. The number of hydrogen-bond donors (Lipinski definition) is 2. The van der Waals surface area contributed by atoms with Crippen LogP contribution in [0.1, 0.15) is 38.3 Å². The molecule has 0 bridgehead atoms. The van der Waals surface area contributed by atoms with Gasteiger partial charge in [-0.3, -0.25) is 0 Å². The Kier molecular flexibility index (Phi) is 6.33. The fourth-order valence-corrected chi connectivity index (χ4v) is 2.48. The van der Waals surface area contributed by atoms with Crippen molar-refractivity contribution >= 4 is 15.9 Å². The molecule has 0 unspecified atom stereocenters. The van der Waals surface area contributed by atoms with Gasteiger partial charge in [-0.15, -0.1) is 0 Å². The lowest BCUT2D eigenvalue weighted by atomic mass is 10.1. The molecular formula is C15H25BrN2. The summed E-state index contributed by atoms with van der Waals surface area (Å²) in [6, 6.07) is 6.54. The summed E-state index contributed by atoms with van der Waals surface area (Å²) in [5, 5.41) is 6.97. The zero-order valence-corrected chi connectivity index (χ0v) is 13.5. The number of rotatable bonds is 6. The first-order chi connectivity index (χ1) is 8.37. The molecule has 0 amide bonds. The predicted molar refractivity (Wildman–Crippen MR) is 83.0 cm³/mol. The van der Waals surface area contributed by atoms with Crippen LogP contribution in [0, 0.1) is 6.92 Å². The minimum Gasteiger partial charge on any atom is -0.313 e. The van der Waals surface area contributed by atoms with E-state index in [4.69, 9.17) is 0 Å². The normalized spacial score (nSPS) is 11.8. The number of nitrogens with one attached hydrogen (secondary N) is 2. The molecular weight excluding hydrogens is 288 g/mol. The van der Waals surface area contributed by atoms with Crippen molar-refractivity contribution in [1.29, 1.82) is 0 Å². The molecule has 1 rings (SSSR count). The van der Waals surface area contributed by atoms with Gasteiger partial charge >= 0.3 is 0 Å². The minimum atomic E-state index is 0.224. The van der Waals surface area contributed by atoms with Gasteiger partial charge in [-0.25, -0.2) is 0 Å². The van der Waals surface area contributed by atoms with Crippen molar-refractivity contribution < 1.29 is 0 Å². The SMILES string of the molecule is Cc1cc(Br)cc(CNCCCNC(C)(C)C)c1. The van der Waals surface area contributed by atoms with Crippen LogP contribution in [0.3, 0.4) is 0 Å². The molecule has 0 saturated carbocycles. The van der Waals surface area contributed by atoms with Crippen LogP contribution in [0.4, 0.5) is 0 Å². The lowest BCUT2D eigenvalue weighted by Gasteiger charge is -2.20. The summed E-state index contributed by atoms with van der Waals surface area (Å²) in [6.45, 7) is 11.8. The van der Waals surface area contributed by atoms with Crippen LogP contribution < -0.4 is 10.6 Å². The fourth-order valence-electron chi connectivity index (χ4n) is 1.82. The molecule has 2 N–H and O–H groups in total. The van der Waals surface area contributed by atoms with E-state index in [0.29, 0.717) is 0 Å². The minimum absolute atomic E-state index is 0.224. The van der Waals surface area contributed by atoms with Gasteiger partial charge in [0.05, 0.1) is 0 Å². The van der Waals surface area contributed by atoms with E-state index in [1.54, 1.807) is 0 Å². The molecule has 18 heavy (non-hydrogen) atoms. The van der Waals surface area contributed by atoms with Crippen LogP contribution in [0.25, 0.3) is 0 Å². The molecule has 0 saturated heterocycles. The van der Waals surface area contributed by atoms with Crippen LogP contribution >= 0.6 is 15.9 Å². The molecule has 0 spiro atoms. The first-order valence-electron chi connectivity index (χ1n) is 6.59. The molecule has 0 fully saturated rings. The lowest BCUT2D eigenvalue weighted by molar-refractivity contribution is 0.418. The summed E-state index contributed by atoms with van der Waals surface area (Å²) in [4.78, 5) is 0. The molecule has 102 valence electrons. The summed E-state index contributed by atoms with van der Waals surface area (Å²) in [7, 11) is 0. The summed E-state index contributed by atoms with van der Waals surface area (Å²) >= 11 is 3.53. The predicted octanol–water partition coefficient (Wildman–Crippen LogP) is 3.63. The monoisotopic (exact) mass is 312 g/mol. The van der Waals surface area contributed by atoms with Gasteiger partial charge in [0.1, 0.15) is 0 Å². The van der Waals surface area contributed by atoms with Gasteiger partial charge in [-0.05, 0) is 70.5 Å². The molecule has 0 aliphatic heterocycles. The van der Waals surface area contributed by atoms with Gasteiger partial charge in [0.15, 0.2) is 0 Å². The van der Waals surface area contributed by atoms with Crippen molar-refractivity contribution in [3.8, 4) is 0 Å². The second-order valence-electron chi connectivity index (χ2n) is 5.84. The van der Waals surface area contributed by atoms with E-state index in [2.05, 4.69) is 72.5 Å². The molecule has 1 aromatic carbocycles. The van der Waals surface area contributed by atoms with Crippen molar-refractivity contribution in [2.75, 3.05) is 13.1 Å². The number of aryl methyl sites for hydroxylation is 1. The first kappa shape index (κ1) is 15.7. The topological polar surface area (TPSA) is 24.1 Å². The summed E-state index contributed by atoms with van der Waals surface area (Å²) < 4.78 is 1.16. The Hall–Kier alpha value is -0.380. The molecule has 0 aromatic heterocycles. The Morgan fingerprint density at radius 1 is 1.11 bits per heavy atom. The van der Waals surface area contributed by atoms with Gasteiger partial charge in [0.2, 0.25) is 0 Å². The van der Waals surface area contributed by atoms with E-state index in [1.807, 2.05) is 0 Å². The number of benzene rings is 1. The Morgan fingerprint density at radius 3 is 2.44 bits per heavy atom. The van der Waals surface area contributed by atoms with Gasteiger partial charge in [0, 0.05) is 16.6 Å². The van der Waals surface area contributed by atoms with Crippen molar-refractivity contribution in [2.45, 2.75) is 46.2 Å². The highest BCUT2D eigenvalue weighted by Crippen LogP contribution is 2.15. The Balaban J connectivity index is 2.18. The Morgan fingerprint density at radius 2 is 1.83 bits per heavy atom. The maximum Gasteiger partial charge on any atom is 0.0206 e. The lowest BCUT2D eigenvalue weighted by Crippen LogP contribution is -2.37. The maximum absolute atomic E-state index is 3.53. The summed E-state index contributed by atoms with van der Waals surface area (Å²) in [5.41, 5.74) is 2.86. The first-order valence-corrected chi connectivity index (χ1v) is 7.38. The molecule has 1 aromatic rings. The van der Waals surface area contributed by atoms with Gasteiger partial charge in [-0.1, -0.05) is 22.0 Å². The number of hydrogen-bond acceptors (Lipinski definition) is 2. The van der Waals surface area contributed by atoms with Crippen LogP contribution in [0.15, 0.2) is 22.7 Å². The third-order valence-electron chi connectivity index (χ3n) is 2.62. The number of halogens is 1. The third-order valence-corrected chi connectivity index (χ3v) is 3.07. The standard InChI is InChI=1S/C15H25BrN2/c1-12-8-13(10-14(16)9-12)11-17-6-5-7-18-15(2,3)4/h8-10,17-18H,5-7,11H2,1-4H3. The van der Waals surface area contributed by atoms with Crippen LogP contribution in [-0.4, -0.2) is 18.6 Å². The second-order valence-corrected chi connectivity index (χ2v) is 6.76. The van der Waals surface area contributed by atoms with E-state index in [-0.39, 0.29) is 5.54 Å². The van der Waals surface area contributed by atoms with Crippen LogP contribution in [-0.2, 0) is 6.54 Å². The van der Waals surface area contributed by atoms with E-state index in [0.717, 1.165) is 30.5 Å². The maximum atomic E-state index is 3.53. The van der Waals surface area contributed by atoms with E-state index in [9.17, 15) is 0 Å². The molecule has 2 nitrogen and oxygen atoms in total. The zero-order chi connectivity index (χ0) is 13.6. The molecule has 0 radical (unpaired) electrons. The third kappa shape index (κ3) is 7.14. The average molecular weight is 313 g/mol. The molecule has 0 aliphatic carbocycles. The second kappa shape index (κ2) is 7.27. The highest BCUT2D eigenvalue weighted by Gasteiger charge is 2.06.